The summed E-state index contributed by atoms with van der Waals surface area (Å²) in [6.07, 6.45) is 1.66. The molecular formula is C16H14Cl2NO2Y-. The van der Waals surface area contributed by atoms with E-state index < -0.39 is 0 Å². The molecule has 0 amide bonds. The van der Waals surface area contributed by atoms with Gasteiger partial charge in [0.1, 0.15) is 12.4 Å². The van der Waals surface area contributed by atoms with Gasteiger partial charge in [0.05, 0.1) is 0 Å². The van der Waals surface area contributed by atoms with Gasteiger partial charge in [-0.25, -0.2) is 0 Å². The van der Waals surface area contributed by atoms with Gasteiger partial charge in [0.15, 0.2) is 0 Å². The summed E-state index contributed by atoms with van der Waals surface area (Å²) in [5.74, 6) is 0.642. The van der Waals surface area contributed by atoms with E-state index in [2.05, 4.69) is 12.6 Å². The van der Waals surface area contributed by atoms with Crippen molar-refractivity contribution in [2.75, 3.05) is 6.61 Å². The molecule has 0 saturated carbocycles. The van der Waals surface area contributed by atoms with E-state index in [1.807, 2.05) is 6.92 Å². The summed E-state index contributed by atoms with van der Waals surface area (Å²) in [5, 5.41) is 0.624. The Labute approximate surface area is 164 Å². The summed E-state index contributed by atoms with van der Waals surface area (Å²) in [4.78, 5) is 12.0. The first-order valence-electron chi connectivity index (χ1n) is 6.43. The topological polar surface area (TPSA) is 31.2 Å². The van der Waals surface area contributed by atoms with E-state index in [1.54, 1.807) is 24.3 Å². The van der Waals surface area contributed by atoms with Crippen LogP contribution in [0, 0.1) is 6.07 Å². The van der Waals surface area contributed by atoms with Gasteiger partial charge in [0.2, 0.25) is 5.56 Å². The fourth-order valence-corrected chi connectivity index (χ4v) is 2.38. The Morgan fingerprint density at radius 2 is 2.09 bits per heavy atom. The number of hydrogen-bond acceptors (Lipinski definition) is 2. The number of nitrogens with zero attached hydrogens (tertiary/aromatic N) is 1. The van der Waals surface area contributed by atoms with Gasteiger partial charge in [-0.2, -0.15) is 23.7 Å². The van der Waals surface area contributed by atoms with Gasteiger partial charge in [0.25, 0.3) is 0 Å². The third-order valence-electron chi connectivity index (χ3n) is 2.93. The maximum atomic E-state index is 12.0. The van der Waals surface area contributed by atoms with Gasteiger partial charge in [-0.3, -0.25) is 4.79 Å². The number of hydrogen-bond donors (Lipinski definition) is 0. The van der Waals surface area contributed by atoms with E-state index in [9.17, 15) is 4.79 Å². The van der Waals surface area contributed by atoms with Crippen molar-refractivity contribution in [2.45, 2.75) is 13.5 Å². The van der Waals surface area contributed by atoms with Crippen molar-refractivity contribution in [3.63, 3.8) is 0 Å². The molecule has 0 atom stereocenters. The Morgan fingerprint density at radius 3 is 2.68 bits per heavy atom. The molecule has 22 heavy (non-hydrogen) atoms. The zero-order valence-electron chi connectivity index (χ0n) is 12.1. The van der Waals surface area contributed by atoms with Crippen LogP contribution >= 0.6 is 23.2 Å². The van der Waals surface area contributed by atoms with Crippen LogP contribution in [0.4, 0.5) is 0 Å². The molecular weight excluding hydrogens is 398 g/mol. The van der Waals surface area contributed by atoms with Crippen LogP contribution in [-0.2, 0) is 39.3 Å². The fraction of sp³-hybridized carbons (Fsp3) is 0.188. The van der Waals surface area contributed by atoms with Crippen molar-refractivity contribution in [2.24, 2.45) is 0 Å². The summed E-state index contributed by atoms with van der Waals surface area (Å²) < 4.78 is 6.96. The van der Waals surface area contributed by atoms with Crippen LogP contribution in [0.2, 0.25) is 10.0 Å². The Balaban J connectivity index is 0.00000242. The molecule has 3 nitrogen and oxygen atoms in total. The van der Waals surface area contributed by atoms with Crippen LogP contribution in [0.1, 0.15) is 6.92 Å². The minimum absolute atomic E-state index is 0. The molecule has 0 aliphatic carbocycles. The molecule has 0 unspecified atom stereocenters. The second kappa shape index (κ2) is 8.88. The molecule has 0 spiro atoms. The van der Waals surface area contributed by atoms with Gasteiger partial charge in [0, 0.05) is 44.3 Å². The summed E-state index contributed by atoms with van der Waals surface area (Å²) in [6.45, 7) is 6.34. The van der Waals surface area contributed by atoms with Gasteiger partial charge >= 0.3 is 0 Å². The first-order chi connectivity index (χ1) is 10.1. The van der Waals surface area contributed by atoms with E-state index in [-0.39, 0.29) is 43.3 Å². The summed E-state index contributed by atoms with van der Waals surface area (Å²) in [6, 6.07) is 9.76. The predicted molar refractivity (Wildman–Crippen MR) is 86.4 cm³/mol. The average molecular weight is 412 g/mol. The second-order valence-corrected chi connectivity index (χ2v) is 5.09. The van der Waals surface area contributed by atoms with Gasteiger partial charge < -0.3 is 9.30 Å². The maximum Gasteiger partial charge on any atom is 0.212 e. The SMILES string of the molecule is C=CCOc1ccc(-c2[c-]cc(Cl)c(=O)n2CC)c(Cl)c1.[Y]. The number of benzene rings is 1. The number of rotatable bonds is 5. The van der Waals surface area contributed by atoms with E-state index in [1.165, 1.54) is 10.6 Å². The number of ether oxygens (including phenoxy) is 1. The van der Waals surface area contributed by atoms with Crippen LogP contribution in [0.15, 0.2) is 41.7 Å². The van der Waals surface area contributed by atoms with Crippen molar-refractivity contribution in [3.8, 4) is 17.0 Å². The van der Waals surface area contributed by atoms with Gasteiger partial charge in [-0.1, -0.05) is 35.5 Å². The smallest absolute Gasteiger partial charge is 0.212 e. The normalized spacial score (nSPS) is 9.95. The minimum Gasteiger partial charge on any atom is -0.490 e. The monoisotopic (exact) mass is 411 g/mol. The molecule has 2 aromatic rings. The molecule has 0 bridgehead atoms. The molecule has 6 heteroatoms. The molecule has 113 valence electrons. The van der Waals surface area contributed by atoms with Crippen LogP contribution in [-0.4, -0.2) is 11.2 Å². The predicted octanol–water partition coefficient (Wildman–Crippen LogP) is 4.20. The molecule has 0 aliphatic heterocycles. The van der Waals surface area contributed by atoms with Crippen molar-refractivity contribution >= 4 is 23.2 Å². The Bertz CT molecular complexity index is 729. The number of halogens is 2. The molecule has 1 aromatic heterocycles. The fourth-order valence-electron chi connectivity index (χ4n) is 1.96. The Morgan fingerprint density at radius 1 is 1.36 bits per heavy atom. The zero-order chi connectivity index (χ0) is 15.4. The molecule has 2 rings (SSSR count). The van der Waals surface area contributed by atoms with Crippen molar-refractivity contribution < 1.29 is 37.4 Å². The Kier molecular flexibility index (Phi) is 7.85. The molecule has 0 saturated heterocycles. The van der Waals surface area contributed by atoms with Crippen molar-refractivity contribution in [1.29, 1.82) is 0 Å². The number of pyridine rings is 1. The van der Waals surface area contributed by atoms with E-state index in [4.69, 9.17) is 27.9 Å². The maximum absolute atomic E-state index is 12.0. The van der Waals surface area contributed by atoms with Crippen LogP contribution in [0.5, 0.6) is 5.75 Å². The quantitative estimate of drug-likeness (QED) is 0.545. The standard InChI is InChI=1S/C16H14Cl2NO2.Y/c1-3-9-21-11-5-6-12(14(18)10-11)15-8-7-13(17)16(20)19(15)4-2;/h3,5-7,10H,1,4,9H2,2H3;/q-1;. The van der Waals surface area contributed by atoms with E-state index in [0.29, 0.717) is 35.2 Å². The zero-order valence-corrected chi connectivity index (χ0v) is 16.5. The van der Waals surface area contributed by atoms with E-state index >= 15 is 0 Å². The third-order valence-corrected chi connectivity index (χ3v) is 3.52. The first kappa shape index (κ1) is 19.4. The summed E-state index contributed by atoms with van der Waals surface area (Å²) in [7, 11) is 0. The van der Waals surface area contributed by atoms with E-state index in [0.717, 1.165) is 0 Å². The van der Waals surface area contributed by atoms with Crippen molar-refractivity contribution in [3.05, 3.63) is 63.4 Å². The largest absolute Gasteiger partial charge is 0.490 e. The molecule has 1 heterocycles. The second-order valence-electron chi connectivity index (χ2n) is 4.28. The molecule has 0 aliphatic rings. The summed E-state index contributed by atoms with van der Waals surface area (Å²) >= 11 is 12.1. The molecule has 1 radical (unpaired) electrons. The van der Waals surface area contributed by atoms with Crippen molar-refractivity contribution in [1.82, 2.24) is 4.57 Å². The van der Waals surface area contributed by atoms with Crippen LogP contribution in [0.3, 0.4) is 0 Å². The number of aromatic nitrogens is 1. The molecule has 0 fully saturated rings. The molecule has 1 aromatic carbocycles. The molecule has 0 N–H and O–H groups in total. The third kappa shape index (κ3) is 4.23. The van der Waals surface area contributed by atoms with Gasteiger partial charge in [-0.05, 0) is 24.1 Å². The van der Waals surface area contributed by atoms with Crippen LogP contribution in [0.25, 0.3) is 11.3 Å². The first-order valence-corrected chi connectivity index (χ1v) is 7.18. The minimum atomic E-state index is -0.254. The summed E-state index contributed by atoms with van der Waals surface area (Å²) in [5.41, 5.74) is 1.06. The average Bonchev–Trinajstić information content (AvgIpc) is 2.48. The Hall–Kier alpha value is -0.606. The van der Waals surface area contributed by atoms with Crippen LogP contribution < -0.4 is 10.3 Å². The van der Waals surface area contributed by atoms with Gasteiger partial charge in [-0.15, -0.1) is 6.07 Å².